The van der Waals surface area contributed by atoms with Gasteiger partial charge in [0.1, 0.15) is 12.1 Å². The molecule has 0 spiro atoms. The molecule has 1 fully saturated rings. The highest BCUT2D eigenvalue weighted by Gasteiger charge is 2.36. The third kappa shape index (κ3) is 3.64. The third-order valence-electron chi connectivity index (χ3n) is 4.75. The van der Waals surface area contributed by atoms with Gasteiger partial charge in [0, 0.05) is 24.5 Å². The lowest BCUT2D eigenvalue weighted by Crippen LogP contribution is -2.42. The summed E-state index contributed by atoms with van der Waals surface area (Å²) in [6.45, 7) is 0.994. The molecule has 1 N–H and O–H groups in total. The lowest BCUT2D eigenvalue weighted by molar-refractivity contribution is -0.144. The van der Waals surface area contributed by atoms with Gasteiger partial charge < -0.3 is 14.6 Å². The molecule has 0 bridgehead atoms. The van der Waals surface area contributed by atoms with E-state index >= 15 is 0 Å². The van der Waals surface area contributed by atoms with Gasteiger partial charge in [-0.1, -0.05) is 12.1 Å². The average Bonchev–Trinajstić information content (AvgIpc) is 3.22. The van der Waals surface area contributed by atoms with Crippen molar-refractivity contribution in [1.82, 2.24) is 14.9 Å². The fourth-order valence-electron chi connectivity index (χ4n) is 3.30. The van der Waals surface area contributed by atoms with Crippen LogP contribution in [-0.2, 0) is 6.18 Å². The average molecular weight is 390 g/mol. The number of nitrogens with zero attached hydrogens (tertiary/aromatic N) is 3. The van der Waals surface area contributed by atoms with Crippen LogP contribution in [0.3, 0.4) is 0 Å². The second-order valence-electron chi connectivity index (χ2n) is 6.63. The fraction of sp³-hybridized carbons (Fsp3) is 0.316. The van der Waals surface area contributed by atoms with E-state index in [9.17, 15) is 18.0 Å². The molecule has 6 nitrogen and oxygen atoms in total. The number of alkyl halides is 3. The van der Waals surface area contributed by atoms with Crippen LogP contribution in [0.15, 0.2) is 47.3 Å². The summed E-state index contributed by atoms with van der Waals surface area (Å²) in [5, 5.41) is 3.66. The zero-order valence-corrected chi connectivity index (χ0v) is 14.7. The molecule has 0 unspecified atom stereocenters. The molecule has 0 atom stereocenters. The van der Waals surface area contributed by atoms with Crippen LogP contribution in [0.5, 0.6) is 0 Å². The molecule has 0 aliphatic carbocycles. The summed E-state index contributed by atoms with van der Waals surface area (Å²) in [6.07, 6.45) is -0.578. The van der Waals surface area contributed by atoms with Crippen molar-refractivity contribution in [1.29, 1.82) is 0 Å². The highest BCUT2D eigenvalue weighted by Crippen LogP contribution is 2.31. The molecule has 0 radical (unpaired) electrons. The topological polar surface area (TPSA) is 71.3 Å². The lowest BCUT2D eigenvalue weighted by Gasteiger charge is -2.32. The predicted octanol–water partition coefficient (Wildman–Crippen LogP) is 3.96. The number of amides is 1. The summed E-state index contributed by atoms with van der Waals surface area (Å²) in [7, 11) is 0. The predicted molar refractivity (Wildman–Crippen MR) is 95.8 cm³/mol. The summed E-state index contributed by atoms with van der Waals surface area (Å²) in [5.41, 5.74) is 0.725. The minimum Gasteiger partial charge on any atom is -0.472 e. The molecule has 1 aliphatic heterocycles. The van der Waals surface area contributed by atoms with E-state index in [1.165, 1.54) is 18.6 Å². The Morgan fingerprint density at radius 3 is 2.57 bits per heavy atom. The third-order valence-corrected chi connectivity index (χ3v) is 4.75. The van der Waals surface area contributed by atoms with E-state index in [-0.39, 0.29) is 23.3 Å². The van der Waals surface area contributed by atoms with Crippen molar-refractivity contribution >= 4 is 22.6 Å². The normalized spacial score (nSPS) is 15.8. The summed E-state index contributed by atoms with van der Waals surface area (Å²) in [5.74, 6) is -1.11. The Morgan fingerprint density at radius 2 is 1.89 bits per heavy atom. The first-order valence-corrected chi connectivity index (χ1v) is 8.84. The number of rotatable bonds is 3. The number of fused-ring (bicyclic) bond motifs is 1. The zero-order chi connectivity index (χ0) is 19.7. The Labute approximate surface area is 158 Å². The van der Waals surface area contributed by atoms with E-state index in [0.717, 1.165) is 0 Å². The SMILES string of the molecule is O=C(c1ccoc1)N1CCC(Nc2nc(C(F)(F)F)nc3ccccc23)CC1. The minimum atomic E-state index is -4.62. The van der Waals surface area contributed by atoms with E-state index in [1.54, 1.807) is 29.2 Å². The van der Waals surface area contributed by atoms with Crippen LogP contribution in [0.2, 0.25) is 0 Å². The smallest absolute Gasteiger partial charge is 0.451 e. The highest BCUT2D eigenvalue weighted by molar-refractivity contribution is 5.94. The Hall–Kier alpha value is -3.10. The molecule has 0 saturated carbocycles. The van der Waals surface area contributed by atoms with Crippen LogP contribution >= 0.6 is 0 Å². The van der Waals surface area contributed by atoms with E-state index in [0.29, 0.717) is 36.9 Å². The molecule has 1 saturated heterocycles. The number of aromatic nitrogens is 2. The molecule has 146 valence electrons. The molecule has 1 aliphatic rings. The van der Waals surface area contributed by atoms with Crippen molar-refractivity contribution in [3.05, 3.63) is 54.2 Å². The van der Waals surface area contributed by atoms with Crippen molar-refractivity contribution in [2.45, 2.75) is 25.1 Å². The molecule has 28 heavy (non-hydrogen) atoms. The van der Waals surface area contributed by atoms with E-state index < -0.39 is 12.0 Å². The van der Waals surface area contributed by atoms with Crippen LogP contribution in [0.25, 0.3) is 10.9 Å². The highest BCUT2D eigenvalue weighted by atomic mass is 19.4. The van der Waals surface area contributed by atoms with Gasteiger partial charge in [0.25, 0.3) is 5.91 Å². The second-order valence-corrected chi connectivity index (χ2v) is 6.63. The summed E-state index contributed by atoms with van der Waals surface area (Å²) in [4.78, 5) is 21.4. The van der Waals surface area contributed by atoms with Crippen LogP contribution in [0.4, 0.5) is 19.0 Å². The number of hydrogen-bond donors (Lipinski definition) is 1. The first-order chi connectivity index (χ1) is 13.4. The van der Waals surface area contributed by atoms with Crippen molar-refractivity contribution in [2.24, 2.45) is 0 Å². The number of hydrogen-bond acceptors (Lipinski definition) is 5. The Balaban J connectivity index is 1.51. The van der Waals surface area contributed by atoms with Gasteiger partial charge in [0.2, 0.25) is 5.82 Å². The Kier molecular flexibility index (Phi) is 4.66. The number of nitrogens with one attached hydrogen (secondary N) is 1. The maximum absolute atomic E-state index is 13.1. The zero-order valence-electron chi connectivity index (χ0n) is 14.7. The first kappa shape index (κ1) is 18.3. The maximum Gasteiger partial charge on any atom is 0.451 e. The van der Waals surface area contributed by atoms with Gasteiger partial charge in [-0.25, -0.2) is 9.97 Å². The summed E-state index contributed by atoms with van der Waals surface area (Å²) < 4.78 is 44.4. The number of furan rings is 1. The molecule has 1 aromatic carbocycles. The standard InChI is InChI=1S/C19H17F3N4O2/c20-19(21,22)18-24-15-4-2-1-3-14(15)16(25-18)23-13-5-8-26(9-6-13)17(27)12-7-10-28-11-12/h1-4,7,10-11,13H,5-6,8-9H2,(H,23,24,25). The van der Waals surface area contributed by atoms with Crippen LogP contribution in [-0.4, -0.2) is 39.9 Å². The van der Waals surface area contributed by atoms with Gasteiger partial charge in [0.05, 0.1) is 17.3 Å². The lowest BCUT2D eigenvalue weighted by atomic mass is 10.0. The Morgan fingerprint density at radius 1 is 1.14 bits per heavy atom. The number of likely N-dealkylation sites (tertiary alicyclic amines) is 1. The summed E-state index contributed by atoms with van der Waals surface area (Å²) >= 11 is 0. The molecule has 4 rings (SSSR count). The number of halogens is 3. The number of carbonyl (C=O) groups is 1. The molecule has 1 amide bonds. The van der Waals surface area contributed by atoms with Gasteiger partial charge in [-0.05, 0) is 31.0 Å². The van der Waals surface area contributed by atoms with E-state index in [2.05, 4.69) is 15.3 Å². The molecular weight excluding hydrogens is 373 g/mol. The molecular formula is C19H17F3N4O2. The van der Waals surface area contributed by atoms with Crippen molar-refractivity contribution in [3.8, 4) is 0 Å². The van der Waals surface area contributed by atoms with Crippen molar-refractivity contribution in [2.75, 3.05) is 18.4 Å². The molecule has 2 aromatic heterocycles. The molecule has 9 heteroatoms. The monoisotopic (exact) mass is 390 g/mol. The van der Waals surface area contributed by atoms with Crippen LogP contribution in [0.1, 0.15) is 29.0 Å². The molecule has 3 aromatic rings. The van der Waals surface area contributed by atoms with Crippen LogP contribution < -0.4 is 5.32 Å². The van der Waals surface area contributed by atoms with Crippen molar-refractivity contribution < 1.29 is 22.4 Å². The van der Waals surface area contributed by atoms with E-state index in [1.807, 2.05) is 0 Å². The van der Waals surface area contributed by atoms with Gasteiger partial charge >= 0.3 is 6.18 Å². The van der Waals surface area contributed by atoms with Crippen molar-refractivity contribution in [3.63, 3.8) is 0 Å². The van der Waals surface area contributed by atoms with E-state index in [4.69, 9.17) is 4.42 Å². The van der Waals surface area contributed by atoms with Gasteiger partial charge in [-0.15, -0.1) is 0 Å². The number of benzene rings is 1. The quantitative estimate of drug-likeness (QED) is 0.733. The minimum absolute atomic E-state index is 0.0900. The maximum atomic E-state index is 13.1. The van der Waals surface area contributed by atoms with Crippen LogP contribution in [0, 0.1) is 0 Å². The fourth-order valence-corrected chi connectivity index (χ4v) is 3.30. The largest absolute Gasteiger partial charge is 0.472 e. The molecule has 3 heterocycles. The first-order valence-electron chi connectivity index (χ1n) is 8.84. The van der Waals surface area contributed by atoms with Gasteiger partial charge in [-0.3, -0.25) is 4.79 Å². The second kappa shape index (κ2) is 7.14. The van der Waals surface area contributed by atoms with Gasteiger partial charge in [0.15, 0.2) is 0 Å². The number of para-hydroxylation sites is 1. The van der Waals surface area contributed by atoms with Gasteiger partial charge in [-0.2, -0.15) is 13.2 Å². The number of piperidine rings is 1. The number of carbonyl (C=O) groups excluding carboxylic acids is 1. The number of anilines is 1. The summed E-state index contributed by atoms with van der Waals surface area (Å²) in [6, 6.07) is 8.11. The Bertz CT molecular complexity index is 981.